The first-order chi connectivity index (χ1) is 9.74. The van der Waals surface area contributed by atoms with Crippen LogP contribution in [-0.4, -0.2) is 9.91 Å². The fourth-order valence-electron chi connectivity index (χ4n) is 2.32. The molecular formula is C14H14N4O2. The summed E-state index contributed by atoms with van der Waals surface area (Å²) < 4.78 is 0. The van der Waals surface area contributed by atoms with Crippen LogP contribution in [0.25, 0.3) is 0 Å². The predicted octanol–water partition coefficient (Wildman–Crippen LogP) is 2.21. The molecule has 0 spiro atoms. The topological polar surface area (TPSA) is 80.1 Å². The highest BCUT2D eigenvalue weighted by Crippen LogP contribution is 2.22. The molecule has 6 nitrogen and oxygen atoms in total. The van der Waals surface area contributed by atoms with Crippen LogP contribution in [0, 0.1) is 10.1 Å². The van der Waals surface area contributed by atoms with Crippen molar-refractivity contribution in [3.63, 3.8) is 0 Å². The third kappa shape index (κ3) is 2.46. The lowest BCUT2D eigenvalue weighted by molar-refractivity contribution is -0.384. The van der Waals surface area contributed by atoms with Crippen molar-refractivity contribution in [2.45, 2.75) is 19.6 Å². The van der Waals surface area contributed by atoms with E-state index in [4.69, 9.17) is 0 Å². The molecule has 2 heterocycles. The van der Waals surface area contributed by atoms with Gasteiger partial charge in [0, 0.05) is 31.9 Å². The van der Waals surface area contributed by atoms with Gasteiger partial charge >= 0.3 is 5.69 Å². The van der Waals surface area contributed by atoms with E-state index in [-0.39, 0.29) is 5.69 Å². The van der Waals surface area contributed by atoms with Crippen LogP contribution >= 0.6 is 0 Å². The van der Waals surface area contributed by atoms with Gasteiger partial charge in [0.05, 0.1) is 4.92 Å². The SMILES string of the molecule is O=[N+]([O-])c1cccnc1NCc1ccc2c(c1)CNC2. The van der Waals surface area contributed by atoms with Gasteiger partial charge in [-0.3, -0.25) is 10.1 Å². The Morgan fingerprint density at radius 2 is 2.15 bits per heavy atom. The Bertz CT molecular complexity index is 657. The van der Waals surface area contributed by atoms with E-state index in [9.17, 15) is 10.1 Å². The summed E-state index contributed by atoms with van der Waals surface area (Å²) in [5.74, 6) is 0.302. The van der Waals surface area contributed by atoms with Crippen molar-refractivity contribution >= 4 is 11.5 Å². The average molecular weight is 270 g/mol. The second-order valence-electron chi connectivity index (χ2n) is 4.69. The normalized spacial score (nSPS) is 13.0. The summed E-state index contributed by atoms with van der Waals surface area (Å²) in [6.45, 7) is 2.31. The molecule has 1 aliphatic rings. The van der Waals surface area contributed by atoms with E-state index in [2.05, 4.69) is 27.8 Å². The fourth-order valence-corrected chi connectivity index (χ4v) is 2.32. The maximum Gasteiger partial charge on any atom is 0.311 e. The Hall–Kier alpha value is -2.47. The first kappa shape index (κ1) is 12.6. The lowest BCUT2D eigenvalue weighted by Gasteiger charge is -2.07. The molecule has 0 saturated carbocycles. The number of rotatable bonds is 4. The molecule has 0 radical (unpaired) electrons. The Balaban J connectivity index is 1.75. The number of aromatic nitrogens is 1. The molecule has 2 N–H and O–H groups in total. The standard InChI is InChI=1S/C14H14N4O2/c19-18(20)13-2-1-5-16-14(13)17-7-10-3-4-11-8-15-9-12(11)6-10/h1-6,15H,7-9H2,(H,16,17). The molecule has 102 valence electrons. The zero-order chi connectivity index (χ0) is 13.9. The molecular weight excluding hydrogens is 256 g/mol. The molecule has 20 heavy (non-hydrogen) atoms. The van der Waals surface area contributed by atoms with Crippen LogP contribution in [0.5, 0.6) is 0 Å². The molecule has 0 aliphatic carbocycles. The average Bonchev–Trinajstić information content (AvgIpc) is 2.92. The fraction of sp³-hybridized carbons (Fsp3) is 0.214. The zero-order valence-corrected chi connectivity index (χ0v) is 10.8. The molecule has 0 amide bonds. The van der Waals surface area contributed by atoms with E-state index < -0.39 is 4.92 Å². The molecule has 0 unspecified atom stereocenters. The smallest absolute Gasteiger partial charge is 0.311 e. The number of anilines is 1. The number of pyridine rings is 1. The van der Waals surface area contributed by atoms with E-state index >= 15 is 0 Å². The molecule has 3 rings (SSSR count). The first-order valence-electron chi connectivity index (χ1n) is 6.39. The van der Waals surface area contributed by atoms with Crippen molar-refractivity contribution in [3.8, 4) is 0 Å². The highest BCUT2D eigenvalue weighted by molar-refractivity contribution is 5.55. The summed E-state index contributed by atoms with van der Waals surface area (Å²) >= 11 is 0. The monoisotopic (exact) mass is 270 g/mol. The lowest BCUT2D eigenvalue weighted by Crippen LogP contribution is -2.04. The van der Waals surface area contributed by atoms with E-state index in [1.54, 1.807) is 12.3 Å². The van der Waals surface area contributed by atoms with Gasteiger partial charge in [-0.05, 0) is 22.8 Å². The van der Waals surface area contributed by atoms with Crippen LogP contribution in [0.3, 0.4) is 0 Å². The van der Waals surface area contributed by atoms with Gasteiger partial charge in [0.25, 0.3) is 0 Å². The number of hydrogen-bond acceptors (Lipinski definition) is 5. The van der Waals surface area contributed by atoms with Crippen LogP contribution < -0.4 is 10.6 Å². The number of benzene rings is 1. The highest BCUT2D eigenvalue weighted by Gasteiger charge is 2.14. The minimum absolute atomic E-state index is 0.00433. The van der Waals surface area contributed by atoms with Crippen LogP contribution in [-0.2, 0) is 19.6 Å². The van der Waals surface area contributed by atoms with Gasteiger partial charge in [0.1, 0.15) is 0 Å². The summed E-state index contributed by atoms with van der Waals surface area (Å²) in [6, 6.07) is 9.26. The summed E-state index contributed by atoms with van der Waals surface area (Å²) in [5, 5.41) is 17.2. The number of nitro groups is 1. The van der Waals surface area contributed by atoms with Gasteiger partial charge in [0.2, 0.25) is 5.82 Å². The van der Waals surface area contributed by atoms with Crippen LogP contribution in [0.1, 0.15) is 16.7 Å². The van der Waals surface area contributed by atoms with Crippen molar-refractivity contribution < 1.29 is 4.92 Å². The molecule has 0 fully saturated rings. The van der Waals surface area contributed by atoms with Crippen molar-refractivity contribution in [2.24, 2.45) is 0 Å². The zero-order valence-electron chi connectivity index (χ0n) is 10.8. The number of hydrogen-bond donors (Lipinski definition) is 2. The largest absolute Gasteiger partial charge is 0.360 e. The Labute approximate surface area is 116 Å². The van der Waals surface area contributed by atoms with Crippen LogP contribution in [0.15, 0.2) is 36.5 Å². The Morgan fingerprint density at radius 3 is 3.00 bits per heavy atom. The van der Waals surface area contributed by atoms with Gasteiger partial charge in [-0.1, -0.05) is 18.2 Å². The quantitative estimate of drug-likeness (QED) is 0.657. The number of nitrogens with one attached hydrogen (secondary N) is 2. The summed E-state index contributed by atoms with van der Waals surface area (Å²) in [6.07, 6.45) is 1.54. The van der Waals surface area contributed by atoms with Crippen molar-refractivity contribution in [3.05, 3.63) is 63.3 Å². The van der Waals surface area contributed by atoms with Crippen molar-refractivity contribution in [1.29, 1.82) is 0 Å². The first-order valence-corrected chi connectivity index (χ1v) is 6.39. The van der Waals surface area contributed by atoms with Crippen molar-refractivity contribution in [1.82, 2.24) is 10.3 Å². The molecule has 1 aromatic carbocycles. The van der Waals surface area contributed by atoms with Gasteiger partial charge in [-0.25, -0.2) is 4.98 Å². The van der Waals surface area contributed by atoms with Gasteiger partial charge in [0.15, 0.2) is 0 Å². The molecule has 2 aromatic rings. The minimum atomic E-state index is -0.429. The molecule has 6 heteroatoms. The molecule has 0 bridgehead atoms. The predicted molar refractivity (Wildman–Crippen MR) is 75.2 cm³/mol. The molecule has 0 saturated heterocycles. The third-order valence-corrected chi connectivity index (χ3v) is 3.34. The Morgan fingerprint density at radius 1 is 1.30 bits per heavy atom. The molecule has 1 aliphatic heterocycles. The van der Waals surface area contributed by atoms with Gasteiger partial charge in [-0.15, -0.1) is 0 Å². The maximum absolute atomic E-state index is 10.9. The third-order valence-electron chi connectivity index (χ3n) is 3.34. The molecule has 1 aromatic heterocycles. The van der Waals surface area contributed by atoms with Crippen LogP contribution in [0.4, 0.5) is 11.5 Å². The van der Waals surface area contributed by atoms with E-state index in [0.717, 1.165) is 18.7 Å². The maximum atomic E-state index is 10.9. The highest BCUT2D eigenvalue weighted by atomic mass is 16.6. The summed E-state index contributed by atoms with van der Waals surface area (Å²) in [7, 11) is 0. The van der Waals surface area contributed by atoms with E-state index in [0.29, 0.717) is 12.4 Å². The molecule has 0 atom stereocenters. The second-order valence-corrected chi connectivity index (χ2v) is 4.69. The number of fused-ring (bicyclic) bond motifs is 1. The lowest BCUT2D eigenvalue weighted by atomic mass is 10.1. The summed E-state index contributed by atoms with van der Waals surface area (Å²) in [4.78, 5) is 14.5. The minimum Gasteiger partial charge on any atom is -0.360 e. The van der Waals surface area contributed by atoms with Gasteiger partial charge in [-0.2, -0.15) is 0 Å². The van der Waals surface area contributed by atoms with Crippen LogP contribution in [0.2, 0.25) is 0 Å². The summed E-state index contributed by atoms with van der Waals surface area (Å²) in [5.41, 5.74) is 3.69. The second kappa shape index (κ2) is 5.26. The van der Waals surface area contributed by atoms with E-state index in [1.165, 1.54) is 17.2 Å². The van der Waals surface area contributed by atoms with E-state index in [1.807, 2.05) is 6.07 Å². The van der Waals surface area contributed by atoms with Crippen molar-refractivity contribution in [2.75, 3.05) is 5.32 Å². The Kier molecular flexibility index (Phi) is 3.30. The number of nitrogens with zero attached hydrogens (tertiary/aromatic N) is 2. The van der Waals surface area contributed by atoms with Gasteiger partial charge < -0.3 is 10.6 Å².